The molecule has 0 fully saturated rings. The Morgan fingerprint density at radius 1 is 0.690 bits per heavy atom. The summed E-state index contributed by atoms with van der Waals surface area (Å²) in [7, 11) is 3.40. The molecule has 0 radical (unpaired) electrons. The Morgan fingerprint density at radius 3 is 1.50 bits per heavy atom. The first-order valence-electron chi connectivity index (χ1n) is 13.8. The van der Waals surface area contributed by atoms with Crippen LogP contribution in [0.25, 0.3) is 0 Å². The molecule has 4 unspecified atom stereocenters. The number of aromatic nitrogens is 3. The molecule has 0 saturated heterocycles. The molecule has 0 amide bonds. The van der Waals surface area contributed by atoms with Crippen LogP contribution in [-0.4, -0.2) is 133 Å². The van der Waals surface area contributed by atoms with E-state index in [0.717, 1.165) is 49.5 Å². The van der Waals surface area contributed by atoms with Crippen molar-refractivity contribution in [2.75, 3.05) is 46.9 Å². The van der Waals surface area contributed by atoms with Crippen molar-refractivity contribution in [2.24, 2.45) is 0 Å². The van der Waals surface area contributed by atoms with Crippen LogP contribution in [0.5, 0.6) is 0 Å². The molecule has 3 heterocycles. The smallest absolute Gasteiger partial charge is 0.133 e. The fourth-order valence-corrected chi connectivity index (χ4v) is 4.04. The highest BCUT2D eigenvalue weighted by molar-refractivity contribution is 5.51. The molecule has 12 nitrogen and oxygen atoms in total. The number of hydrogen-bond donors (Lipinski definition) is 5. The van der Waals surface area contributed by atoms with Gasteiger partial charge in [-0.3, -0.25) is 24.8 Å². The average molecular weight is 585 g/mol. The molecule has 0 aliphatic rings. The van der Waals surface area contributed by atoms with Crippen molar-refractivity contribution < 1.29 is 30.3 Å². The van der Waals surface area contributed by atoms with Gasteiger partial charge in [-0.2, -0.15) is 0 Å². The predicted octanol–water partition coefficient (Wildman–Crippen LogP) is -0.441. The average Bonchev–Trinajstić information content (AvgIpc) is 3.00. The van der Waals surface area contributed by atoms with E-state index in [1.807, 2.05) is 67.0 Å². The Morgan fingerprint density at radius 2 is 1.12 bits per heavy atom. The molecule has 3 rings (SSSR count). The largest absolute Gasteiger partial charge is 0.394 e. The predicted molar refractivity (Wildman–Crippen MR) is 158 cm³/mol. The first-order valence-corrected chi connectivity index (χ1v) is 13.8. The van der Waals surface area contributed by atoms with E-state index in [0.29, 0.717) is 13.1 Å². The molecule has 3 aromatic heterocycles. The summed E-state index contributed by atoms with van der Waals surface area (Å²) in [6.07, 6.45) is 0.730. The molecule has 42 heavy (non-hydrogen) atoms. The van der Waals surface area contributed by atoms with Gasteiger partial charge in [-0.25, -0.2) is 0 Å². The molecule has 3 aromatic rings. The van der Waals surface area contributed by atoms with Gasteiger partial charge in [0.1, 0.15) is 24.6 Å². The molecule has 230 valence electrons. The van der Waals surface area contributed by atoms with Gasteiger partial charge in [0.2, 0.25) is 0 Å². The molecule has 12 heteroatoms. The standard InChI is InChI=1S/C22H25N5O.C8H19NO5/c28-16-15-26(17-20-7-1-4-10-23-20)13-14-27(18-21-8-2-5-11-24-21)19-22-9-3-6-12-25-22;1-9(2)3-5(11)7(13)8(14)6(12)4-10/h1-12,16H,13-15,17-19H2;5-8,10-14H,3-4H2,1-2H3. The lowest BCUT2D eigenvalue weighted by Crippen LogP contribution is -2.48. The van der Waals surface area contributed by atoms with Gasteiger partial charge in [0.15, 0.2) is 0 Å². The summed E-state index contributed by atoms with van der Waals surface area (Å²) in [5.41, 5.74) is 3.00. The molecule has 0 aromatic carbocycles. The lowest BCUT2D eigenvalue weighted by molar-refractivity contribution is -0.117. The van der Waals surface area contributed by atoms with Crippen LogP contribution in [-0.2, 0) is 24.4 Å². The van der Waals surface area contributed by atoms with Gasteiger partial charge in [-0.15, -0.1) is 0 Å². The van der Waals surface area contributed by atoms with Crippen molar-refractivity contribution in [3.05, 3.63) is 90.3 Å². The lowest BCUT2D eigenvalue weighted by Gasteiger charge is -2.27. The fraction of sp³-hybridized carbons (Fsp3) is 0.467. The Hall–Kier alpha value is -3.20. The first kappa shape index (κ1) is 35.0. The Labute approximate surface area is 247 Å². The number of aldehydes is 1. The highest BCUT2D eigenvalue weighted by atomic mass is 16.4. The van der Waals surface area contributed by atoms with E-state index in [1.165, 1.54) is 0 Å². The zero-order chi connectivity index (χ0) is 30.7. The van der Waals surface area contributed by atoms with Crippen molar-refractivity contribution in [2.45, 2.75) is 44.1 Å². The topological polar surface area (TPSA) is 167 Å². The highest BCUT2D eigenvalue weighted by Crippen LogP contribution is 2.09. The minimum absolute atomic E-state index is 0.163. The molecular weight excluding hydrogens is 540 g/mol. The van der Waals surface area contributed by atoms with Gasteiger partial charge in [0.25, 0.3) is 0 Å². The number of rotatable bonds is 17. The first-order chi connectivity index (χ1) is 20.2. The molecule has 4 atom stereocenters. The second kappa shape index (κ2) is 19.8. The number of aliphatic hydroxyl groups is 5. The van der Waals surface area contributed by atoms with Crippen LogP contribution >= 0.6 is 0 Å². The third-order valence-corrected chi connectivity index (χ3v) is 6.28. The minimum atomic E-state index is -1.55. The Kier molecular flexibility index (Phi) is 16.5. The van der Waals surface area contributed by atoms with Crippen LogP contribution < -0.4 is 0 Å². The van der Waals surface area contributed by atoms with Crippen LogP contribution in [0.15, 0.2) is 73.2 Å². The van der Waals surface area contributed by atoms with E-state index < -0.39 is 31.0 Å². The van der Waals surface area contributed by atoms with Gasteiger partial charge in [-0.1, -0.05) is 18.2 Å². The zero-order valence-electron chi connectivity index (χ0n) is 24.3. The summed E-state index contributed by atoms with van der Waals surface area (Å²) in [4.78, 5) is 30.5. The molecule has 0 saturated carbocycles. The van der Waals surface area contributed by atoms with Crippen molar-refractivity contribution in [3.8, 4) is 0 Å². The molecular formula is C30H44N6O6. The number of carbonyl (C=O) groups excluding carboxylic acids is 1. The highest BCUT2D eigenvalue weighted by Gasteiger charge is 2.30. The van der Waals surface area contributed by atoms with Crippen molar-refractivity contribution in [3.63, 3.8) is 0 Å². The van der Waals surface area contributed by atoms with Gasteiger partial charge in [0.05, 0.1) is 36.3 Å². The van der Waals surface area contributed by atoms with Crippen LogP contribution in [0.4, 0.5) is 0 Å². The second-order valence-electron chi connectivity index (χ2n) is 10.1. The summed E-state index contributed by atoms with van der Waals surface area (Å²) in [5, 5.41) is 45.4. The minimum Gasteiger partial charge on any atom is -0.394 e. The molecule has 0 bridgehead atoms. The fourth-order valence-electron chi connectivity index (χ4n) is 4.04. The van der Waals surface area contributed by atoms with Crippen LogP contribution in [0.2, 0.25) is 0 Å². The maximum Gasteiger partial charge on any atom is 0.133 e. The summed E-state index contributed by atoms with van der Waals surface area (Å²) >= 11 is 0. The summed E-state index contributed by atoms with van der Waals surface area (Å²) in [6.45, 7) is 3.57. The summed E-state index contributed by atoms with van der Waals surface area (Å²) < 4.78 is 0. The maximum atomic E-state index is 11.1. The number of pyridine rings is 3. The molecule has 5 N–H and O–H groups in total. The van der Waals surface area contributed by atoms with Gasteiger partial charge in [-0.05, 0) is 50.5 Å². The number of hydrogen-bond acceptors (Lipinski definition) is 12. The summed E-state index contributed by atoms with van der Waals surface area (Å²) in [5.74, 6) is 0. The third-order valence-electron chi connectivity index (χ3n) is 6.28. The van der Waals surface area contributed by atoms with Gasteiger partial charge in [0, 0.05) is 57.9 Å². The van der Waals surface area contributed by atoms with E-state index in [1.54, 1.807) is 25.2 Å². The van der Waals surface area contributed by atoms with E-state index >= 15 is 0 Å². The number of nitrogens with zero attached hydrogens (tertiary/aromatic N) is 6. The van der Waals surface area contributed by atoms with Gasteiger partial charge < -0.3 is 35.2 Å². The van der Waals surface area contributed by atoms with Gasteiger partial charge >= 0.3 is 0 Å². The third kappa shape index (κ3) is 13.6. The Bertz CT molecular complexity index is 1060. The van der Waals surface area contributed by atoms with Crippen molar-refractivity contribution in [1.29, 1.82) is 0 Å². The van der Waals surface area contributed by atoms with E-state index in [9.17, 15) is 20.1 Å². The normalized spacial score (nSPS) is 14.2. The van der Waals surface area contributed by atoms with E-state index in [4.69, 9.17) is 10.2 Å². The monoisotopic (exact) mass is 584 g/mol. The van der Waals surface area contributed by atoms with Crippen LogP contribution in [0, 0.1) is 0 Å². The van der Waals surface area contributed by atoms with Crippen molar-refractivity contribution >= 4 is 6.29 Å². The number of carbonyl (C=O) groups is 1. The summed E-state index contributed by atoms with van der Waals surface area (Å²) in [6, 6.07) is 17.8. The maximum absolute atomic E-state index is 11.1. The lowest BCUT2D eigenvalue weighted by atomic mass is 10.0. The molecule has 0 aliphatic heterocycles. The molecule has 0 aliphatic carbocycles. The van der Waals surface area contributed by atoms with Crippen LogP contribution in [0.1, 0.15) is 17.1 Å². The number of aliphatic hydroxyl groups excluding tert-OH is 5. The van der Waals surface area contributed by atoms with Crippen LogP contribution in [0.3, 0.4) is 0 Å². The zero-order valence-corrected chi connectivity index (χ0v) is 24.3. The quantitative estimate of drug-likeness (QED) is 0.130. The SMILES string of the molecule is CN(C)CC(O)C(O)C(O)C(O)CO.O=CCN(CCN(Cc1ccccn1)Cc1ccccn1)Cc1ccccn1. The van der Waals surface area contributed by atoms with E-state index in [2.05, 4.69) is 24.8 Å². The number of likely N-dealkylation sites (N-methyl/N-ethyl adjacent to an activating group) is 1. The van der Waals surface area contributed by atoms with Crippen molar-refractivity contribution in [1.82, 2.24) is 29.7 Å². The van der Waals surface area contributed by atoms with E-state index in [-0.39, 0.29) is 6.54 Å². The second-order valence-corrected chi connectivity index (χ2v) is 10.1. The molecule has 0 spiro atoms. The Balaban J connectivity index is 0.000000374.